The summed E-state index contributed by atoms with van der Waals surface area (Å²) in [7, 11) is 0. The average molecular weight is 532 g/mol. The lowest BCUT2D eigenvalue weighted by atomic mass is 10.0. The molecule has 2 heterocycles. The van der Waals surface area contributed by atoms with Crippen molar-refractivity contribution in [3.05, 3.63) is 72.3 Å². The fourth-order valence-electron chi connectivity index (χ4n) is 4.67. The average Bonchev–Trinajstić information content (AvgIpc) is 2.93. The highest BCUT2D eigenvalue weighted by molar-refractivity contribution is 5.76. The van der Waals surface area contributed by atoms with E-state index in [9.17, 15) is 4.79 Å². The molecule has 206 valence electrons. The zero-order valence-electron chi connectivity index (χ0n) is 22.9. The van der Waals surface area contributed by atoms with E-state index in [1.807, 2.05) is 32.9 Å². The van der Waals surface area contributed by atoms with E-state index in [1.54, 1.807) is 4.90 Å². The SMILES string of the molecule is CC(C)(C)OC(=O)N1CCOCC1CNCc1ccc(Nc2ccc(-c3cccc4c3OCCO4)cc2)cc1. The van der Waals surface area contributed by atoms with Crippen LogP contribution in [0.4, 0.5) is 16.2 Å². The van der Waals surface area contributed by atoms with Crippen LogP contribution < -0.4 is 20.1 Å². The molecular weight excluding hydrogens is 494 g/mol. The van der Waals surface area contributed by atoms with Gasteiger partial charge in [-0.05, 0) is 62.2 Å². The van der Waals surface area contributed by atoms with Crippen LogP contribution in [-0.2, 0) is 16.0 Å². The Hall–Kier alpha value is -3.75. The molecule has 1 saturated heterocycles. The van der Waals surface area contributed by atoms with Gasteiger partial charge in [-0.2, -0.15) is 0 Å². The van der Waals surface area contributed by atoms with E-state index in [-0.39, 0.29) is 12.1 Å². The van der Waals surface area contributed by atoms with Gasteiger partial charge in [0.25, 0.3) is 0 Å². The number of nitrogens with one attached hydrogen (secondary N) is 2. The Bertz CT molecular complexity index is 1250. The number of carbonyl (C=O) groups excluding carboxylic acids is 1. The van der Waals surface area contributed by atoms with E-state index in [4.69, 9.17) is 18.9 Å². The standard InChI is InChI=1S/C31H37N3O5/c1-31(2,3)39-30(35)34-15-16-36-21-26(34)20-32-19-22-7-11-24(12-8-22)33-25-13-9-23(10-14-25)27-5-4-6-28-29(27)38-18-17-37-28/h4-14,26,32-33H,15-21H2,1-3H3. The van der Waals surface area contributed by atoms with Gasteiger partial charge in [0.05, 0.1) is 19.3 Å². The minimum absolute atomic E-state index is 0.0574. The van der Waals surface area contributed by atoms with Crippen LogP contribution >= 0.6 is 0 Å². The maximum atomic E-state index is 12.6. The minimum Gasteiger partial charge on any atom is -0.486 e. The second-order valence-corrected chi connectivity index (χ2v) is 10.8. The Kier molecular flexibility index (Phi) is 8.24. The number of benzene rings is 3. The molecule has 0 saturated carbocycles. The molecule has 0 radical (unpaired) electrons. The van der Waals surface area contributed by atoms with Crippen LogP contribution in [0.25, 0.3) is 11.1 Å². The van der Waals surface area contributed by atoms with Crippen molar-refractivity contribution < 1.29 is 23.7 Å². The second-order valence-electron chi connectivity index (χ2n) is 10.8. The van der Waals surface area contributed by atoms with Crippen molar-refractivity contribution in [2.75, 3.05) is 44.8 Å². The van der Waals surface area contributed by atoms with Crippen molar-refractivity contribution in [3.8, 4) is 22.6 Å². The van der Waals surface area contributed by atoms with Crippen LogP contribution in [-0.4, -0.2) is 62.2 Å². The first kappa shape index (κ1) is 26.8. The van der Waals surface area contributed by atoms with E-state index >= 15 is 0 Å². The number of morpholine rings is 1. The first-order valence-corrected chi connectivity index (χ1v) is 13.5. The summed E-state index contributed by atoms with van der Waals surface area (Å²) in [6.45, 7) is 9.69. The maximum Gasteiger partial charge on any atom is 0.410 e. The van der Waals surface area contributed by atoms with Gasteiger partial charge < -0.3 is 29.6 Å². The third-order valence-corrected chi connectivity index (χ3v) is 6.57. The molecule has 3 aromatic rings. The number of hydrogen-bond donors (Lipinski definition) is 2. The van der Waals surface area contributed by atoms with Gasteiger partial charge in [0.1, 0.15) is 18.8 Å². The predicted octanol–water partition coefficient (Wildman–Crippen LogP) is 5.59. The molecule has 3 aromatic carbocycles. The van der Waals surface area contributed by atoms with E-state index < -0.39 is 5.60 Å². The summed E-state index contributed by atoms with van der Waals surface area (Å²) in [6.07, 6.45) is -0.286. The molecule has 0 aliphatic carbocycles. The number of carbonyl (C=O) groups is 1. The molecule has 2 aliphatic heterocycles. The Balaban J connectivity index is 1.13. The summed E-state index contributed by atoms with van der Waals surface area (Å²) in [4.78, 5) is 14.4. The molecule has 2 aliphatic rings. The lowest BCUT2D eigenvalue weighted by Gasteiger charge is -2.36. The number of hydrogen-bond acceptors (Lipinski definition) is 7. The number of ether oxygens (including phenoxy) is 4. The number of rotatable bonds is 7. The quantitative estimate of drug-likeness (QED) is 0.411. The summed E-state index contributed by atoms with van der Waals surface area (Å²) < 4.78 is 22.8. The Morgan fingerprint density at radius 2 is 1.67 bits per heavy atom. The first-order chi connectivity index (χ1) is 18.9. The molecule has 1 atom stereocenters. The number of nitrogens with zero attached hydrogens (tertiary/aromatic N) is 1. The second kappa shape index (κ2) is 12.0. The third kappa shape index (κ3) is 7.02. The normalized spacial score (nSPS) is 17.0. The van der Waals surface area contributed by atoms with Crippen LogP contribution in [0, 0.1) is 0 Å². The van der Waals surface area contributed by atoms with Crippen LogP contribution in [0.15, 0.2) is 66.7 Å². The Labute approximate surface area is 230 Å². The highest BCUT2D eigenvalue weighted by Gasteiger charge is 2.30. The topological polar surface area (TPSA) is 81.3 Å². The van der Waals surface area contributed by atoms with E-state index in [2.05, 4.69) is 65.2 Å². The van der Waals surface area contributed by atoms with Gasteiger partial charge in [-0.1, -0.05) is 36.4 Å². The van der Waals surface area contributed by atoms with Gasteiger partial charge >= 0.3 is 6.09 Å². The van der Waals surface area contributed by atoms with Crippen LogP contribution in [0.5, 0.6) is 11.5 Å². The molecule has 0 bridgehead atoms. The van der Waals surface area contributed by atoms with E-state index in [1.165, 1.54) is 0 Å². The van der Waals surface area contributed by atoms with Crippen LogP contribution in [0.2, 0.25) is 0 Å². The van der Waals surface area contributed by atoms with Gasteiger partial charge in [0.15, 0.2) is 11.5 Å². The Morgan fingerprint density at radius 1 is 0.949 bits per heavy atom. The lowest BCUT2D eigenvalue weighted by Crippen LogP contribution is -2.54. The molecule has 2 N–H and O–H groups in total. The molecule has 1 unspecified atom stereocenters. The lowest BCUT2D eigenvalue weighted by molar-refractivity contribution is -0.0317. The van der Waals surface area contributed by atoms with Crippen LogP contribution in [0.3, 0.4) is 0 Å². The molecule has 8 nitrogen and oxygen atoms in total. The molecule has 5 rings (SSSR count). The first-order valence-electron chi connectivity index (χ1n) is 13.5. The fraction of sp³-hybridized carbons (Fsp3) is 0.387. The number of anilines is 2. The number of fused-ring (bicyclic) bond motifs is 1. The van der Waals surface area contributed by atoms with Crippen molar-refractivity contribution >= 4 is 17.5 Å². The zero-order chi connectivity index (χ0) is 27.2. The molecule has 8 heteroatoms. The van der Waals surface area contributed by atoms with Gasteiger partial charge in [-0.3, -0.25) is 4.90 Å². The molecular formula is C31H37N3O5. The van der Waals surface area contributed by atoms with Crippen molar-refractivity contribution in [2.45, 2.75) is 39.0 Å². The van der Waals surface area contributed by atoms with Gasteiger partial charge in [0, 0.05) is 36.6 Å². The Morgan fingerprint density at radius 3 is 2.41 bits per heavy atom. The molecule has 39 heavy (non-hydrogen) atoms. The molecule has 1 fully saturated rings. The van der Waals surface area contributed by atoms with Gasteiger partial charge in [-0.15, -0.1) is 0 Å². The van der Waals surface area contributed by atoms with Crippen molar-refractivity contribution in [2.24, 2.45) is 0 Å². The van der Waals surface area contributed by atoms with E-state index in [0.717, 1.165) is 39.6 Å². The summed E-state index contributed by atoms with van der Waals surface area (Å²) >= 11 is 0. The predicted molar refractivity (Wildman–Crippen MR) is 152 cm³/mol. The van der Waals surface area contributed by atoms with E-state index in [0.29, 0.717) is 46.1 Å². The largest absolute Gasteiger partial charge is 0.486 e. The highest BCUT2D eigenvalue weighted by atomic mass is 16.6. The third-order valence-electron chi connectivity index (χ3n) is 6.57. The fourth-order valence-corrected chi connectivity index (χ4v) is 4.67. The number of para-hydroxylation sites is 1. The summed E-state index contributed by atoms with van der Waals surface area (Å²) in [5.41, 5.74) is 4.77. The minimum atomic E-state index is -0.517. The van der Waals surface area contributed by atoms with Gasteiger partial charge in [0.2, 0.25) is 0 Å². The zero-order valence-corrected chi connectivity index (χ0v) is 22.9. The van der Waals surface area contributed by atoms with Crippen molar-refractivity contribution in [1.82, 2.24) is 10.2 Å². The summed E-state index contributed by atoms with van der Waals surface area (Å²) in [6, 6.07) is 22.6. The smallest absolute Gasteiger partial charge is 0.410 e. The maximum absolute atomic E-state index is 12.6. The van der Waals surface area contributed by atoms with Crippen molar-refractivity contribution in [1.29, 1.82) is 0 Å². The monoisotopic (exact) mass is 531 g/mol. The van der Waals surface area contributed by atoms with Gasteiger partial charge in [-0.25, -0.2) is 4.79 Å². The molecule has 1 amide bonds. The molecule has 0 aromatic heterocycles. The molecule has 0 spiro atoms. The number of amides is 1. The van der Waals surface area contributed by atoms with Crippen LogP contribution in [0.1, 0.15) is 26.3 Å². The summed E-state index contributed by atoms with van der Waals surface area (Å²) in [5.74, 6) is 1.60. The van der Waals surface area contributed by atoms with Crippen molar-refractivity contribution in [3.63, 3.8) is 0 Å². The highest BCUT2D eigenvalue weighted by Crippen LogP contribution is 2.40. The summed E-state index contributed by atoms with van der Waals surface area (Å²) in [5, 5.41) is 6.93.